The Hall–Kier alpha value is -3.04. The van der Waals surface area contributed by atoms with Gasteiger partial charge in [-0.15, -0.1) is 0 Å². The summed E-state index contributed by atoms with van der Waals surface area (Å²) < 4.78 is 13.5. The number of nitrogens with one attached hydrogen (secondary N) is 1. The van der Waals surface area contributed by atoms with E-state index in [1.165, 1.54) is 0 Å². The van der Waals surface area contributed by atoms with Crippen molar-refractivity contribution in [2.24, 2.45) is 5.73 Å². The number of primary amides is 1. The molecular formula is C11H10FN3O6. The number of non-ortho nitro benzene ring substituents is 1. The van der Waals surface area contributed by atoms with Gasteiger partial charge < -0.3 is 16.2 Å². The summed E-state index contributed by atoms with van der Waals surface area (Å²) in [7, 11) is 0. The maximum Gasteiger partial charge on any atom is 0.326 e. The van der Waals surface area contributed by atoms with Crippen LogP contribution < -0.4 is 11.1 Å². The third-order valence-electron chi connectivity index (χ3n) is 2.41. The number of aliphatic carboxylic acids is 1. The molecule has 0 spiro atoms. The van der Waals surface area contributed by atoms with E-state index in [-0.39, 0.29) is 0 Å². The summed E-state index contributed by atoms with van der Waals surface area (Å²) in [6, 6.07) is 0.559. The van der Waals surface area contributed by atoms with E-state index >= 15 is 0 Å². The fourth-order valence-corrected chi connectivity index (χ4v) is 1.44. The summed E-state index contributed by atoms with van der Waals surface area (Å²) in [5, 5.41) is 21.2. The Kier molecular flexibility index (Phi) is 4.89. The molecular weight excluding hydrogens is 289 g/mol. The van der Waals surface area contributed by atoms with Crippen molar-refractivity contribution in [1.29, 1.82) is 0 Å². The minimum absolute atomic E-state index is 0.539. The molecule has 1 aromatic carbocycles. The molecule has 0 radical (unpaired) electrons. The second-order valence-electron chi connectivity index (χ2n) is 3.96. The van der Waals surface area contributed by atoms with Gasteiger partial charge in [0.25, 0.3) is 11.6 Å². The monoisotopic (exact) mass is 299 g/mol. The van der Waals surface area contributed by atoms with Crippen LogP contribution in [0.3, 0.4) is 0 Å². The van der Waals surface area contributed by atoms with E-state index < -0.39 is 52.2 Å². The van der Waals surface area contributed by atoms with Gasteiger partial charge in [-0.1, -0.05) is 0 Å². The summed E-state index contributed by atoms with van der Waals surface area (Å²) in [5.41, 5.74) is 3.58. The van der Waals surface area contributed by atoms with Crippen molar-refractivity contribution in [2.45, 2.75) is 12.5 Å². The Labute approximate surface area is 116 Å². The zero-order valence-corrected chi connectivity index (χ0v) is 10.4. The van der Waals surface area contributed by atoms with Crippen molar-refractivity contribution in [3.05, 3.63) is 39.7 Å². The standard InChI is InChI=1S/C11H10FN3O6/c12-7-2-1-5(15(20)21)3-6(7)10(17)14-8(11(18)19)4-9(13)16/h1-3,8H,4H2,(H2,13,16)(H,14,17)(H,18,19)/t8-/m1/s1. The van der Waals surface area contributed by atoms with E-state index in [1.807, 2.05) is 5.32 Å². The van der Waals surface area contributed by atoms with Crippen LogP contribution >= 0.6 is 0 Å². The highest BCUT2D eigenvalue weighted by molar-refractivity contribution is 5.98. The van der Waals surface area contributed by atoms with E-state index in [0.29, 0.717) is 12.1 Å². The van der Waals surface area contributed by atoms with Crippen molar-refractivity contribution >= 4 is 23.5 Å². The van der Waals surface area contributed by atoms with Gasteiger partial charge in [0.05, 0.1) is 16.9 Å². The molecule has 0 aliphatic heterocycles. The molecule has 4 N–H and O–H groups in total. The first-order valence-electron chi connectivity index (χ1n) is 5.48. The van der Waals surface area contributed by atoms with Crippen molar-refractivity contribution in [1.82, 2.24) is 5.32 Å². The highest BCUT2D eigenvalue weighted by Gasteiger charge is 2.25. The van der Waals surface area contributed by atoms with E-state index in [0.717, 1.165) is 6.07 Å². The van der Waals surface area contributed by atoms with Crippen molar-refractivity contribution in [3.8, 4) is 0 Å². The first-order chi connectivity index (χ1) is 9.72. The SMILES string of the molecule is NC(=O)C[C@@H](NC(=O)c1cc([N+](=O)[O-])ccc1F)C(=O)O. The number of nitrogens with two attached hydrogens (primary N) is 1. The summed E-state index contributed by atoms with van der Waals surface area (Å²) in [5.74, 6) is -4.80. The lowest BCUT2D eigenvalue weighted by Gasteiger charge is -2.13. The minimum atomic E-state index is -1.66. The number of nitrogens with zero attached hydrogens (tertiary/aromatic N) is 1. The zero-order chi connectivity index (χ0) is 16.2. The molecule has 9 nitrogen and oxygen atoms in total. The van der Waals surface area contributed by atoms with E-state index in [9.17, 15) is 28.9 Å². The fraction of sp³-hybridized carbons (Fsp3) is 0.182. The third kappa shape index (κ3) is 4.23. The number of carbonyl (C=O) groups excluding carboxylic acids is 2. The Morgan fingerprint density at radius 2 is 2.05 bits per heavy atom. The molecule has 0 fully saturated rings. The van der Waals surface area contributed by atoms with Crippen LogP contribution in [0, 0.1) is 15.9 Å². The molecule has 112 valence electrons. The summed E-state index contributed by atoms with van der Waals surface area (Å²) in [6.45, 7) is 0. The van der Waals surface area contributed by atoms with Crippen LogP contribution in [0.1, 0.15) is 16.8 Å². The van der Waals surface area contributed by atoms with Gasteiger partial charge in [-0.25, -0.2) is 9.18 Å². The van der Waals surface area contributed by atoms with Crippen LogP contribution in [0.4, 0.5) is 10.1 Å². The molecule has 1 aromatic rings. The fourth-order valence-electron chi connectivity index (χ4n) is 1.44. The lowest BCUT2D eigenvalue weighted by molar-refractivity contribution is -0.384. The molecule has 0 unspecified atom stereocenters. The van der Waals surface area contributed by atoms with Crippen LogP contribution in [0.5, 0.6) is 0 Å². The first kappa shape index (κ1) is 16.0. The predicted molar refractivity (Wildman–Crippen MR) is 65.8 cm³/mol. The molecule has 0 aliphatic carbocycles. The largest absolute Gasteiger partial charge is 0.480 e. The number of halogens is 1. The average Bonchev–Trinajstić information content (AvgIpc) is 2.37. The maximum absolute atomic E-state index is 13.5. The Morgan fingerprint density at radius 3 is 2.52 bits per heavy atom. The molecule has 1 atom stereocenters. The first-order valence-corrected chi connectivity index (χ1v) is 5.48. The molecule has 0 heterocycles. The Bertz CT molecular complexity index is 618. The van der Waals surface area contributed by atoms with E-state index in [2.05, 4.69) is 0 Å². The van der Waals surface area contributed by atoms with Crippen LogP contribution in [0.25, 0.3) is 0 Å². The molecule has 1 rings (SSSR count). The lowest BCUT2D eigenvalue weighted by Crippen LogP contribution is -2.43. The van der Waals surface area contributed by atoms with Gasteiger partial charge in [-0.05, 0) is 6.07 Å². The number of carboxylic acids is 1. The highest BCUT2D eigenvalue weighted by Crippen LogP contribution is 2.17. The zero-order valence-electron chi connectivity index (χ0n) is 10.4. The number of carbonyl (C=O) groups is 3. The van der Waals surface area contributed by atoms with E-state index in [1.54, 1.807) is 0 Å². The Morgan fingerprint density at radius 1 is 1.43 bits per heavy atom. The van der Waals surface area contributed by atoms with Gasteiger partial charge in [0.15, 0.2) is 0 Å². The highest BCUT2D eigenvalue weighted by atomic mass is 19.1. The molecule has 0 bridgehead atoms. The molecule has 0 saturated carbocycles. The van der Waals surface area contributed by atoms with Crippen LogP contribution in [0.2, 0.25) is 0 Å². The molecule has 21 heavy (non-hydrogen) atoms. The number of nitro groups is 1. The normalized spacial score (nSPS) is 11.5. The molecule has 0 aliphatic rings. The second-order valence-corrected chi connectivity index (χ2v) is 3.96. The van der Waals surface area contributed by atoms with Gasteiger partial charge in [0, 0.05) is 12.1 Å². The summed E-state index contributed by atoms with van der Waals surface area (Å²) in [4.78, 5) is 43.0. The number of hydrogen-bond acceptors (Lipinski definition) is 5. The average molecular weight is 299 g/mol. The van der Waals surface area contributed by atoms with Crippen LogP contribution in [0.15, 0.2) is 18.2 Å². The molecule has 2 amide bonds. The van der Waals surface area contributed by atoms with Crippen LogP contribution in [-0.2, 0) is 9.59 Å². The summed E-state index contributed by atoms with van der Waals surface area (Å²) >= 11 is 0. The minimum Gasteiger partial charge on any atom is -0.480 e. The van der Waals surface area contributed by atoms with Gasteiger partial charge in [0.2, 0.25) is 5.91 Å². The maximum atomic E-state index is 13.5. The number of hydrogen-bond donors (Lipinski definition) is 3. The smallest absolute Gasteiger partial charge is 0.326 e. The van der Waals surface area contributed by atoms with Gasteiger partial charge >= 0.3 is 5.97 Å². The van der Waals surface area contributed by atoms with Crippen molar-refractivity contribution < 1.29 is 28.8 Å². The second kappa shape index (κ2) is 6.41. The van der Waals surface area contributed by atoms with Crippen LogP contribution in [-0.4, -0.2) is 33.9 Å². The van der Waals surface area contributed by atoms with Gasteiger partial charge in [0.1, 0.15) is 11.9 Å². The third-order valence-corrected chi connectivity index (χ3v) is 2.41. The Balaban J connectivity index is 3.02. The van der Waals surface area contributed by atoms with Gasteiger partial charge in [-0.2, -0.15) is 0 Å². The predicted octanol–water partition coefficient (Wildman–Crippen LogP) is -0.208. The number of rotatable bonds is 6. The van der Waals surface area contributed by atoms with Gasteiger partial charge in [-0.3, -0.25) is 19.7 Å². The molecule has 0 aromatic heterocycles. The molecule has 0 saturated heterocycles. The number of nitro benzene ring substituents is 1. The van der Waals surface area contributed by atoms with Crippen molar-refractivity contribution in [2.75, 3.05) is 0 Å². The van der Waals surface area contributed by atoms with E-state index in [4.69, 9.17) is 10.8 Å². The topological polar surface area (TPSA) is 153 Å². The van der Waals surface area contributed by atoms with Crippen molar-refractivity contribution in [3.63, 3.8) is 0 Å². The number of amides is 2. The summed E-state index contributed by atoms with van der Waals surface area (Å²) in [6.07, 6.45) is -0.697. The lowest BCUT2D eigenvalue weighted by atomic mass is 10.1. The number of benzene rings is 1. The number of carboxylic acid groups (broad SMARTS) is 1. The quantitative estimate of drug-likeness (QED) is 0.488. The molecule has 10 heteroatoms.